The number of hydrogen-bond acceptors (Lipinski definition) is 2. The van der Waals surface area contributed by atoms with Gasteiger partial charge in [-0.25, -0.2) is 0 Å². The maximum absolute atomic E-state index is 11.9. The molecule has 1 aromatic carbocycles. The fourth-order valence-corrected chi connectivity index (χ4v) is 2.11. The molecule has 0 fully saturated rings. The second-order valence-corrected chi connectivity index (χ2v) is 5.31. The number of anilines is 1. The first kappa shape index (κ1) is 16.5. The minimum atomic E-state index is -0.200. The van der Waals surface area contributed by atoms with Crippen LogP contribution in [0, 0.1) is 0 Å². The predicted molar refractivity (Wildman–Crippen MR) is 86.1 cm³/mol. The first-order valence-electron chi connectivity index (χ1n) is 7.80. The van der Waals surface area contributed by atoms with Gasteiger partial charge in [0.2, 0.25) is 5.91 Å². The van der Waals surface area contributed by atoms with E-state index in [9.17, 15) is 4.79 Å². The lowest BCUT2D eigenvalue weighted by atomic mass is 10.1. The zero-order chi connectivity index (χ0) is 14.8. The Hall–Kier alpha value is -1.51. The SMILES string of the molecule is CCCCCNC(=O)C(C)Nc1ccc(CCC)cc1. The molecule has 1 aromatic rings. The highest BCUT2D eigenvalue weighted by Crippen LogP contribution is 2.12. The highest BCUT2D eigenvalue weighted by Gasteiger charge is 2.11. The molecule has 0 bridgehead atoms. The minimum Gasteiger partial charge on any atom is -0.374 e. The summed E-state index contributed by atoms with van der Waals surface area (Å²) in [6.07, 6.45) is 5.66. The number of rotatable bonds is 9. The lowest BCUT2D eigenvalue weighted by molar-refractivity contribution is -0.121. The van der Waals surface area contributed by atoms with Gasteiger partial charge in [0.15, 0.2) is 0 Å². The van der Waals surface area contributed by atoms with Crippen molar-refractivity contribution in [1.29, 1.82) is 0 Å². The molecule has 1 amide bonds. The van der Waals surface area contributed by atoms with Crippen LogP contribution < -0.4 is 10.6 Å². The highest BCUT2D eigenvalue weighted by atomic mass is 16.2. The van der Waals surface area contributed by atoms with Crippen LogP contribution in [-0.2, 0) is 11.2 Å². The summed E-state index contributed by atoms with van der Waals surface area (Å²) in [5, 5.41) is 6.21. The second-order valence-electron chi connectivity index (χ2n) is 5.31. The molecule has 0 aliphatic rings. The topological polar surface area (TPSA) is 41.1 Å². The summed E-state index contributed by atoms with van der Waals surface area (Å²) in [6, 6.07) is 8.14. The van der Waals surface area contributed by atoms with Gasteiger partial charge in [0, 0.05) is 12.2 Å². The summed E-state index contributed by atoms with van der Waals surface area (Å²) < 4.78 is 0. The molecule has 0 aromatic heterocycles. The van der Waals surface area contributed by atoms with Crippen molar-refractivity contribution >= 4 is 11.6 Å². The molecule has 1 atom stereocenters. The Labute approximate surface area is 123 Å². The number of carbonyl (C=O) groups is 1. The minimum absolute atomic E-state index is 0.0683. The van der Waals surface area contributed by atoms with E-state index in [4.69, 9.17) is 0 Å². The van der Waals surface area contributed by atoms with Gasteiger partial charge in [-0.2, -0.15) is 0 Å². The van der Waals surface area contributed by atoms with Crippen LogP contribution in [0.15, 0.2) is 24.3 Å². The number of benzene rings is 1. The molecular formula is C17H28N2O. The monoisotopic (exact) mass is 276 g/mol. The molecule has 3 nitrogen and oxygen atoms in total. The van der Waals surface area contributed by atoms with Crippen LogP contribution in [0.1, 0.15) is 52.0 Å². The van der Waals surface area contributed by atoms with Gasteiger partial charge in [-0.3, -0.25) is 4.79 Å². The van der Waals surface area contributed by atoms with Crippen molar-refractivity contribution < 1.29 is 4.79 Å². The molecule has 0 saturated carbocycles. The van der Waals surface area contributed by atoms with Gasteiger partial charge >= 0.3 is 0 Å². The molecule has 3 heteroatoms. The molecule has 0 aliphatic carbocycles. The lowest BCUT2D eigenvalue weighted by Crippen LogP contribution is -2.38. The summed E-state index contributed by atoms with van der Waals surface area (Å²) >= 11 is 0. The van der Waals surface area contributed by atoms with Crippen molar-refractivity contribution in [2.45, 2.75) is 58.9 Å². The van der Waals surface area contributed by atoms with Crippen molar-refractivity contribution in [3.8, 4) is 0 Å². The smallest absolute Gasteiger partial charge is 0.242 e. The maximum atomic E-state index is 11.9. The van der Waals surface area contributed by atoms with Crippen molar-refractivity contribution in [3.05, 3.63) is 29.8 Å². The number of amides is 1. The molecule has 0 heterocycles. The quantitative estimate of drug-likeness (QED) is 0.674. The average Bonchev–Trinajstić information content (AvgIpc) is 2.45. The molecule has 0 saturated heterocycles. The summed E-state index contributed by atoms with van der Waals surface area (Å²) in [7, 11) is 0. The largest absolute Gasteiger partial charge is 0.374 e. The van der Waals surface area contributed by atoms with Crippen LogP contribution in [0.4, 0.5) is 5.69 Å². The van der Waals surface area contributed by atoms with Crippen LogP contribution >= 0.6 is 0 Å². The third-order valence-corrected chi connectivity index (χ3v) is 3.35. The second kappa shape index (κ2) is 9.40. The van der Waals surface area contributed by atoms with E-state index in [0.717, 1.165) is 31.5 Å². The fraction of sp³-hybridized carbons (Fsp3) is 0.588. The number of nitrogens with one attached hydrogen (secondary N) is 2. The third kappa shape index (κ3) is 6.09. The van der Waals surface area contributed by atoms with Crippen LogP contribution in [0.25, 0.3) is 0 Å². The van der Waals surface area contributed by atoms with Crippen molar-refractivity contribution in [2.24, 2.45) is 0 Å². The van der Waals surface area contributed by atoms with Crippen LogP contribution in [-0.4, -0.2) is 18.5 Å². The van der Waals surface area contributed by atoms with E-state index < -0.39 is 0 Å². The van der Waals surface area contributed by atoms with Crippen molar-refractivity contribution in [1.82, 2.24) is 5.32 Å². The molecule has 20 heavy (non-hydrogen) atoms. The summed E-state index contributed by atoms with van der Waals surface area (Å²) in [6.45, 7) is 7.01. The molecule has 1 rings (SSSR count). The first-order valence-corrected chi connectivity index (χ1v) is 7.80. The number of aryl methyl sites for hydroxylation is 1. The first-order chi connectivity index (χ1) is 9.67. The van der Waals surface area contributed by atoms with Gasteiger partial charge in [-0.05, 0) is 37.5 Å². The summed E-state index contributed by atoms with van der Waals surface area (Å²) in [5.41, 5.74) is 2.34. The van der Waals surface area contributed by atoms with Gasteiger partial charge in [0.25, 0.3) is 0 Å². The van der Waals surface area contributed by atoms with E-state index in [1.807, 2.05) is 19.1 Å². The van der Waals surface area contributed by atoms with Gasteiger partial charge < -0.3 is 10.6 Å². The van der Waals surface area contributed by atoms with Gasteiger partial charge in [-0.1, -0.05) is 45.2 Å². The zero-order valence-corrected chi connectivity index (χ0v) is 13.0. The Kier molecular flexibility index (Phi) is 7.78. The highest BCUT2D eigenvalue weighted by molar-refractivity contribution is 5.84. The summed E-state index contributed by atoms with van der Waals surface area (Å²) in [5.74, 6) is 0.0683. The Morgan fingerprint density at radius 3 is 2.40 bits per heavy atom. The van der Waals surface area contributed by atoms with Gasteiger partial charge in [0.05, 0.1) is 0 Å². The molecular weight excluding hydrogens is 248 g/mol. The fourth-order valence-electron chi connectivity index (χ4n) is 2.11. The number of carbonyl (C=O) groups excluding carboxylic acids is 1. The standard InChI is InChI=1S/C17H28N2O/c1-4-6-7-13-18-17(20)14(3)19-16-11-9-15(8-5-2)10-12-16/h9-12,14,19H,4-8,13H2,1-3H3,(H,18,20). The Morgan fingerprint density at radius 2 is 1.80 bits per heavy atom. The molecule has 2 N–H and O–H groups in total. The van der Waals surface area contributed by atoms with E-state index in [1.165, 1.54) is 18.4 Å². The zero-order valence-electron chi connectivity index (χ0n) is 13.0. The number of unbranched alkanes of at least 4 members (excludes halogenated alkanes) is 2. The van der Waals surface area contributed by atoms with E-state index in [0.29, 0.717) is 0 Å². The van der Waals surface area contributed by atoms with E-state index in [-0.39, 0.29) is 11.9 Å². The predicted octanol–water partition coefficient (Wildman–Crippen LogP) is 3.75. The Bertz CT molecular complexity index is 386. The van der Waals surface area contributed by atoms with Crippen molar-refractivity contribution in [3.63, 3.8) is 0 Å². The van der Waals surface area contributed by atoms with Gasteiger partial charge in [-0.15, -0.1) is 0 Å². The van der Waals surface area contributed by atoms with E-state index in [1.54, 1.807) is 0 Å². The van der Waals surface area contributed by atoms with E-state index in [2.05, 4.69) is 36.6 Å². The van der Waals surface area contributed by atoms with E-state index >= 15 is 0 Å². The Morgan fingerprint density at radius 1 is 1.10 bits per heavy atom. The summed E-state index contributed by atoms with van der Waals surface area (Å²) in [4.78, 5) is 11.9. The normalized spacial score (nSPS) is 11.9. The molecule has 0 radical (unpaired) electrons. The van der Waals surface area contributed by atoms with Crippen LogP contribution in [0.2, 0.25) is 0 Å². The van der Waals surface area contributed by atoms with Gasteiger partial charge in [0.1, 0.15) is 6.04 Å². The third-order valence-electron chi connectivity index (χ3n) is 3.35. The van der Waals surface area contributed by atoms with Crippen LogP contribution in [0.5, 0.6) is 0 Å². The maximum Gasteiger partial charge on any atom is 0.242 e. The molecule has 0 aliphatic heterocycles. The molecule has 1 unspecified atom stereocenters. The lowest BCUT2D eigenvalue weighted by Gasteiger charge is -2.15. The van der Waals surface area contributed by atoms with Crippen molar-refractivity contribution in [2.75, 3.05) is 11.9 Å². The molecule has 0 spiro atoms. The Balaban J connectivity index is 2.36. The average molecular weight is 276 g/mol. The number of hydrogen-bond donors (Lipinski definition) is 2. The van der Waals surface area contributed by atoms with Crippen LogP contribution in [0.3, 0.4) is 0 Å². The molecule has 112 valence electrons.